The minimum atomic E-state index is -0.558. The number of hydrogen-bond acceptors (Lipinski definition) is 6. The smallest absolute Gasteiger partial charge is 0.307 e. The molecule has 0 unspecified atom stereocenters. The standard InChI is InChI=1S/C20H24N4O3/c21-13-14-4-3-9-22-18(14)24-10-5-15(6-11-24)23-19(26)16-12-17(25)27-20(16)7-1-2-8-20/h3-4,9,15-16H,1-2,5-8,10-12H2,(H,23,26)/t16-/m1/s1. The van der Waals surface area contributed by atoms with E-state index in [1.54, 1.807) is 18.3 Å². The van der Waals surface area contributed by atoms with Crippen LogP contribution in [0.4, 0.5) is 5.82 Å². The zero-order valence-electron chi connectivity index (χ0n) is 15.3. The predicted molar refractivity (Wildman–Crippen MR) is 97.7 cm³/mol. The van der Waals surface area contributed by atoms with Crippen LogP contribution < -0.4 is 10.2 Å². The van der Waals surface area contributed by atoms with Crippen LogP contribution in [0.1, 0.15) is 50.5 Å². The van der Waals surface area contributed by atoms with Crippen molar-refractivity contribution < 1.29 is 14.3 Å². The van der Waals surface area contributed by atoms with Gasteiger partial charge in [-0.05, 0) is 50.7 Å². The monoisotopic (exact) mass is 368 g/mol. The summed E-state index contributed by atoms with van der Waals surface area (Å²) in [4.78, 5) is 31.1. The number of nitrogens with zero attached hydrogens (tertiary/aromatic N) is 3. The molecule has 2 aliphatic heterocycles. The molecule has 3 aliphatic rings. The van der Waals surface area contributed by atoms with Gasteiger partial charge in [-0.15, -0.1) is 0 Å². The predicted octanol–water partition coefficient (Wildman–Crippen LogP) is 1.91. The van der Waals surface area contributed by atoms with Gasteiger partial charge >= 0.3 is 5.97 Å². The van der Waals surface area contributed by atoms with Crippen LogP contribution in [0, 0.1) is 17.2 Å². The van der Waals surface area contributed by atoms with E-state index in [1.165, 1.54) is 0 Å². The molecule has 1 amide bonds. The van der Waals surface area contributed by atoms with E-state index in [0.29, 0.717) is 11.4 Å². The van der Waals surface area contributed by atoms with E-state index in [9.17, 15) is 14.9 Å². The summed E-state index contributed by atoms with van der Waals surface area (Å²) in [7, 11) is 0. The zero-order chi connectivity index (χ0) is 18.9. The first-order chi connectivity index (χ1) is 13.1. The van der Waals surface area contributed by atoms with Crippen molar-refractivity contribution in [2.24, 2.45) is 5.92 Å². The van der Waals surface area contributed by atoms with Crippen LogP contribution in [0.5, 0.6) is 0 Å². The van der Waals surface area contributed by atoms with E-state index in [4.69, 9.17) is 4.74 Å². The molecule has 1 spiro atoms. The molecular formula is C20H24N4O3. The van der Waals surface area contributed by atoms with Crippen LogP contribution in [0.2, 0.25) is 0 Å². The molecular weight excluding hydrogens is 344 g/mol. The topological polar surface area (TPSA) is 95.3 Å². The van der Waals surface area contributed by atoms with Gasteiger partial charge in [-0.2, -0.15) is 5.26 Å². The van der Waals surface area contributed by atoms with E-state index in [-0.39, 0.29) is 30.3 Å². The highest BCUT2D eigenvalue weighted by Gasteiger charge is 2.54. The van der Waals surface area contributed by atoms with Gasteiger partial charge in [-0.1, -0.05) is 0 Å². The normalized spacial score (nSPS) is 24.6. The lowest BCUT2D eigenvalue weighted by Crippen LogP contribution is -2.49. The number of carbonyl (C=O) groups excluding carboxylic acids is 2. The lowest BCUT2D eigenvalue weighted by atomic mass is 9.84. The van der Waals surface area contributed by atoms with Crippen molar-refractivity contribution >= 4 is 17.7 Å². The van der Waals surface area contributed by atoms with Gasteiger partial charge in [0.15, 0.2) is 0 Å². The van der Waals surface area contributed by atoms with Crippen LogP contribution >= 0.6 is 0 Å². The van der Waals surface area contributed by atoms with Crippen molar-refractivity contribution in [3.05, 3.63) is 23.9 Å². The lowest BCUT2D eigenvalue weighted by molar-refractivity contribution is -0.150. The maximum absolute atomic E-state index is 12.9. The van der Waals surface area contributed by atoms with Crippen LogP contribution in [0.25, 0.3) is 0 Å². The first-order valence-electron chi connectivity index (χ1n) is 9.73. The number of amides is 1. The number of nitrogens with one attached hydrogen (secondary N) is 1. The number of nitriles is 1. The van der Waals surface area contributed by atoms with Crippen molar-refractivity contribution in [3.8, 4) is 6.07 Å². The number of pyridine rings is 1. The summed E-state index contributed by atoms with van der Waals surface area (Å²) in [6, 6.07) is 5.80. The molecule has 7 heteroatoms. The molecule has 7 nitrogen and oxygen atoms in total. The average molecular weight is 368 g/mol. The molecule has 142 valence electrons. The van der Waals surface area contributed by atoms with Gasteiger partial charge in [-0.25, -0.2) is 4.98 Å². The van der Waals surface area contributed by atoms with Gasteiger partial charge < -0.3 is 15.0 Å². The van der Waals surface area contributed by atoms with Crippen LogP contribution in [0.15, 0.2) is 18.3 Å². The Kier molecular flexibility index (Phi) is 4.73. The zero-order valence-corrected chi connectivity index (χ0v) is 15.3. The Morgan fingerprint density at radius 1 is 1.33 bits per heavy atom. The third-order valence-corrected chi connectivity index (χ3v) is 6.14. The van der Waals surface area contributed by atoms with Crippen molar-refractivity contribution in [2.45, 2.75) is 56.6 Å². The second-order valence-corrected chi connectivity index (χ2v) is 7.76. The van der Waals surface area contributed by atoms with E-state index < -0.39 is 5.60 Å². The molecule has 2 saturated heterocycles. The fourth-order valence-corrected chi connectivity index (χ4v) is 4.72. The quantitative estimate of drug-likeness (QED) is 0.819. The number of anilines is 1. The molecule has 1 N–H and O–H groups in total. The summed E-state index contributed by atoms with van der Waals surface area (Å²) in [5.74, 6) is 0.0683. The molecule has 1 aliphatic carbocycles. The number of piperidine rings is 1. The molecule has 1 atom stereocenters. The number of carbonyl (C=O) groups is 2. The fraction of sp³-hybridized carbons (Fsp3) is 0.600. The maximum Gasteiger partial charge on any atom is 0.307 e. The first kappa shape index (κ1) is 17.8. The molecule has 4 rings (SSSR count). The number of rotatable bonds is 3. The summed E-state index contributed by atoms with van der Waals surface area (Å²) in [6.07, 6.45) is 7.11. The van der Waals surface area contributed by atoms with E-state index in [1.807, 2.05) is 0 Å². The molecule has 1 aromatic heterocycles. The van der Waals surface area contributed by atoms with Gasteiger partial charge in [0.2, 0.25) is 5.91 Å². The fourth-order valence-electron chi connectivity index (χ4n) is 4.72. The lowest BCUT2D eigenvalue weighted by Gasteiger charge is -2.35. The van der Waals surface area contributed by atoms with Gasteiger partial charge in [0, 0.05) is 25.3 Å². The van der Waals surface area contributed by atoms with Gasteiger partial charge in [0.05, 0.1) is 17.9 Å². The largest absolute Gasteiger partial charge is 0.458 e. The number of hydrogen-bond donors (Lipinski definition) is 1. The van der Waals surface area contributed by atoms with E-state index in [2.05, 4.69) is 21.3 Å². The number of aromatic nitrogens is 1. The molecule has 1 saturated carbocycles. The summed E-state index contributed by atoms with van der Waals surface area (Å²) >= 11 is 0. The molecule has 0 radical (unpaired) electrons. The highest BCUT2D eigenvalue weighted by molar-refractivity contribution is 5.88. The molecule has 1 aromatic rings. The van der Waals surface area contributed by atoms with Crippen LogP contribution in [-0.2, 0) is 14.3 Å². The van der Waals surface area contributed by atoms with Crippen LogP contribution in [-0.4, -0.2) is 41.6 Å². The van der Waals surface area contributed by atoms with Crippen molar-refractivity contribution in [1.82, 2.24) is 10.3 Å². The average Bonchev–Trinajstić information content (AvgIpc) is 3.29. The Hall–Kier alpha value is -2.62. The SMILES string of the molecule is N#Cc1cccnc1N1CCC(NC(=O)[C@H]2CC(=O)OC23CCCC3)CC1. The Labute approximate surface area is 158 Å². The van der Waals surface area contributed by atoms with Crippen molar-refractivity contribution in [3.63, 3.8) is 0 Å². The highest BCUT2D eigenvalue weighted by atomic mass is 16.6. The van der Waals surface area contributed by atoms with E-state index >= 15 is 0 Å². The summed E-state index contributed by atoms with van der Waals surface area (Å²) in [5, 5.41) is 12.4. The van der Waals surface area contributed by atoms with Crippen molar-refractivity contribution in [1.29, 1.82) is 5.26 Å². The molecule has 3 heterocycles. The summed E-state index contributed by atoms with van der Waals surface area (Å²) in [6.45, 7) is 1.48. The summed E-state index contributed by atoms with van der Waals surface area (Å²) in [5.41, 5.74) is 0.0159. The van der Waals surface area contributed by atoms with Crippen LogP contribution in [0.3, 0.4) is 0 Å². The van der Waals surface area contributed by atoms with Gasteiger partial charge in [0.1, 0.15) is 17.5 Å². The minimum absolute atomic E-state index is 0.0447. The Bertz CT molecular complexity index is 774. The second kappa shape index (κ2) is 7.18. The third kappa shape index (κ3) is 3.36. The third-order valence-electron chi connectivity index (χ3n) is 6.14. The molecule has 0 bridgehead atoms. The number of ether oxygens (including phenoxy) is 1. The Balaban J connectivity index is 1.36. The number of esters is 1. The first-order valence-corrected chi connectivity index (χ1v) is 9.73. The molecule has 3 fully saturated rings. The Morgan fingerprint density at radius 3 is 2.78 bits per heavy atom. The second-order valence-electron chi connectivity index (χ2n) is 7.76. The van der Waals surface area contributed by atoms with E-state index in [0.717, 1.165) is 51.6 Å². The maximum atomic E-state index is 12.9. The minimum Gasteiger partial charge on any atom is -0.458 e. The summed E-state index contributed by atoms with van der Waals surface area (Å²) < 4.78 is 5.59. The molecule has 27 heavy (non-hydrogen) atoms. The highest BCUT2D eigenvalue weighted by Crippen LogP contribution is 2.45. The molecule has 0 aromatic carbocycles. The Morgan fingerprint density at radius 2 is 2.07 bits per heavy atom. The van der Waals surface area contributed by atoms with Crippen molar-refractivity contribution in [2.75, 3.05) is 18.0 Å². The van der Waals surface area contributed by atoms with Gasteiger partial charge in [-0.3, -0.25) is 9.59 Å². The van der Waals surface area contributed by atoms with Gasteiger partial charge in [0.25, 0.3) is 0 Å².